The summed E-state index contributed by atoms with van der Waals surface area (Å²) >= 11 is 0. The first kappa shape index (κ1) is 19.8. The molecule has 1 saturated heterocycles. The molecule has 0 spiro atoms. The Morgan fingerprint density at radius 2 is 1.44 bits per heavy atom. The highest BCUT2D eigenvalue weighted by atomic mass is 16.7. The third kappa shape index (κ3) is 4.67. The van der Waals surface area contributed by atoms with E-state index >= 15 is 0 Å². The largest absolute Gasteiger partial charge is 0.384 e. The van der Waals surface area contributed by atoms with Gasteiger partial charge in [0, 0.05) is 0 Å². The van der Waals surface area contributed by atoms with Crippen LogP contribution in [0.3, 0.4) is 0 Å². The fourth-order valence-electron chi connectivity index (χ4n) is 3.73. The molecule has 3 atom stereocenters. The molecule has 0 aliphatic carbocycles. The van der Waals surface area contributed by atoms with Gasteiger partial charge in [0.05, 0.1) is 0 Å². The normalized spacial score (nSPS) is 22.4. The van der Waals surface area contributed by atoms with Crippen LogP contribution in [-0.2, 0) is 9.47 Å². The molecule has 0 aromatic heterocycles. The summed E-state index contributed by atoms with van der Waals surface area (Å²) in [6.07, 6.45) is 4.80. The van der Waals surface area contributed by atoms with Gasteiger partial charge in [0.2, 0.25) is 0 Å². The summed E-state index contributed by atoms with van der Waals surface area (Å²) in [5.74, 6) is 0. The van der Waals surface area contributed by atoms with E-state index in [0.29, 0.717) is 12.8 Å². The highest BCUT2D eigenvalue weighted by Gasteiger charge is 2.47. The molecule has 1 aliphatic rings. The van der Waals surface area contributed by atoms with Gasteiger partial charge in [0.25, 0.3) is 0 Å². The Morgan fingerprint density at radius 1 is 0.926 bits per heavy atom. The molecule has 0 bridgehead atoms. The molecular weight excluding hydrogens is 336 g/mol. The van der Waals surface area contributed by atoms with Gasteiger partial charge in [-0.05, 0) is 24.0 Å². The topological polar surface area (TPSA) is 38.7 Å². The van der Waals surface area contributed by atoms with E-state index in [4.69, 9.17) is 9.47 Å². The van der Waals surface area contributed by atoms with Crippen LogP contribution in [0.25, 0.3) is 0 Å². The summed E-state index contributed by atoms with van der Waals surface area (Å²) in [5.41, 5.74) is 1.06. The van der Waals surface area contributed by atoms with E-state index < -0.39 is 11.9 Å². The van der Waals surface area contributed by atoms with Crippen molar-refractivity contribution < 1.29 is 14.6 Å². The highest BCUT2D eigenvalue weighted by Crippen LogP contribution is 2.46. The maximum Gasteiger partial charge on any atom is 0.188 e. The Hall–Kier alpha value is -1.94. The summed E-state index contributed by atoms with van der Waals surface area (Å²) in [7, 11) is 0. The quantitative estimate of drug-likeness (QED) is 0.455. The van der Waals surface area contributed by atoms with Crippen LogP contribution in [-0.4, -0.2) is 17.0 Å². The van der Waals surface area contributed by atoms with Crippen molar-refractivity contribution in [3.8, 4) is 0 Å². The van der Waals surface area contributed by atoms with Crippen molar-refractivity contribution in [2.24, 2.45) is 0 Å². The fraction of sp³-hybridized carbons (Fsp3) is 0.417. The Labute approximate surface area is 162 Å². The third-order valence-electron chi connectivity index (χ3n) is 5.22. The van der Waals surface area contributed by atoms with Gasteiger partial charge in [-0.2, -0.15) is 0 Å². The second-order valence-electron chi connectivity index (χ2n) is 7.32. The van der Waals surface area contributed by atoms with Crippen LogP contribution in [0.2, 0.25) is 0 Å². The first-order chi connectivity index (χ1) is 13.2. The first-order valence-corrected chi connectivity index (χ1v) is 9.92. The second kappa shape index (κ2) is 9.32. The lowest BCUT2D eigenvalue weighted by Gasteiger charge is -2.32. The van der Waals surface area contributed by atoms with Crippen LogP contribution in [0, 0.1) is 0 Å². The lowest BCUT2D eigenvalue weighted by molar-refractivity contribution is -0.196. The van der Waals surface area contributed by atoms with E-state index in [9.17, 15) is 5.11 Å². The van der Waals surface area contributed by atoms with Crippen LogP contribution in [0.1, 0.15) is 62.4 Å². The molecule has 1 heterocycles. The smallest absolute Gasteiger partial charge is 0.188 e. The number of rotatable bonds is 9. The van der Waals surface area contributed by atoms with Crippen LogP contribution in [0.15, 0.2) is 73.3 Å². The first-order valence-electron chi connectivity index (χ1n) is 9.92. The lowest BCUT2D eigenvalue weighted by atomic mass is 9.92. The molecule has 0 saturated carbocycles. The predicted molar refractivity (Wildman–Crippen MR) is 108 cm³/mol. The van der Waals surface area contributed by atoms with Gasteiger partial charge in [-0.3, -0.25) is 0 Å². The van der Waals surface area contributed by atoms with E-state index in [1.165, 1.54) is 0 Å². The van der Waals surface area contributed by atoms with Gasteiger partial charge in [-0.1, -0.05) is 92.9 Å². The number of unbranched alkanes of at least 4 members (excludes halogenated alkanes) is 2. The van der Waals surface area contributed by atoms with Crippen molar-refractivity contribution in [1.29, 1.82) is 0 Å². The number of benzene rings is 2. The molecule has 0 amide bonds. The molecule has 0 radical (unpaired) electrons. The van der Waals surface area contributed by atoms with Crippen molar-refractivity contribution in [1.82, 2.24) is 0 Å². The zero-order chi connectivity index (χ0) is 19.1. The number of hydrogen-bond donors (Lipinski definition) is 1. The minimum absolute atomic E-state index is 0.249. The number of ether oxygens (including phenoxy) is 2. The molecular formula is C24H30O3. The predicted octanol–water partition coefficient (Wildman–Crippen LogP) is 5.73. The summed E-state index contributed by atoms with van der Waals surface area (Å²) in [6, 6.07) is 20.2. The van der Waals surface area contributed by atoms with Gasteiger partial charge in [-0.25, -0.2) is 0 Å². The minimum atomic E-state index is -1.06. The van der Waals surface area contributed by atoms with Crippen LogP contribution in [0.5, 0.6) is 0 Å². The summed E-state index contributed by atoms with van der Waals surface area (Å²) in [4.78, 5) is 0. The molecule has 0 unspecified atom stereocenters. The molecule has 2 aromatic rings. The molecule has 1 aliphatic heterocycles. The van der Waals surface area contributed by atoms with Crippen molar-refractivity contribution in [2.75, 3.05) is 0 Å². The molecule has 144 valence electrons. The molecule has 1 N–H and O–H groups in total. The summed E-state index contributed by atoms with van der Waals surface area (Å²) < 4.78 is 12.7. The van der Waals surface area contributed by atoms with Crippen LogP contribution >= 0.6 is 0 Å². The molecule has 3 nitrogen and oxygen atoms in total. The maximum atomic E-state index is 11.3. The van der Waals surface area contributed by atoms with Crippen molar-refractivity contribution in [2.45, 2.75) is 63.1 Å². The van der Waals surface area contributed by atoms with E-state index in [-0.39, 0.29) is 12.2 Å². The summed E-state index contributed by atoms with van der Waals surface area (Å²) in [6.45, 7) is 5.99. The second-order valence-corrected chi connectivity index (χ2v) is 7.32. The Bertz CT molecular complexity index is 653. The van der Waals surface area contributed by atoms with Gasteiger partial charge < -0.3 is 14.6 Å². The number of hydrogen-bond acceptors (Lipinski definition) is 3. The molecule has 2 aromatic carbocycles. The maximum absolute atomic E-state index is 11.3. The zero-order valence-electron chi connectivity index (χ0n) is 16.1. The minimum Gasteiger partial charge on any atom is -0.384 e. The SMILES string of the molecule is C=CC[C@@](O)(CCCCC)C1O[C@H](c2ccccc2)[C@@H](c2ccccc2)O1. The molecule has 27 heavy (non-hydrogen) atoms. The fourth-order valence-corrected chi connectivity index (χ4v) is 3.73. The van der Waals surface area contributed by atoms with Crippen LogP contribution in [0.4, 0.5) is 0 Å². The monoisotopic (exact) mass is 366 g/mol. The van der Waals surface area contributed by atoms with E-state index in [2.05, 4.69) is 37.8 Å². The number of aliphatic hydroxyl groups is 1. The Balaban J connectivity index is 1.88. The van der Waals surface area contributed by atoms with E-state index in [1.807, 2.05) is 36.4 Å². The lowest BCUT2D eigenvalue weighted by Crippen LogP contribution is -2.42. The van der Waals surface area contributed by atoms with Crippen molar-refractivity contribution in [3.05, 3.63) is 84.4 Å². The summed E-state index contributed by atoms with van der Waals surface area (Å²) in [5, 5.41) is 11.3. The Morgan fingerprint density at radius 3 is 1.89 bits per heavy atom. The molecule has 1 fully saturated rings. The van der Waals surface area contributed by atoms with Crippen molar-refractivity contribution in [3.63, 3.8) is 0 Å². The molecule has 3 heteroatoms. The molecule has 3 rings (SSSR count). The van der Waals surface area contributed by atoms with Gasteiger partial charge in [-0.15, -0.1) is 6.58 Å². The van der Waals surface area contributed by atoms with E-state index in [1.54, 1.807) is 6.08 Å². The average Bonchev–Trinajstić information content (AvgIpc) is 3.16. The van der Waals surface area contributed by atoms with Crippen LogP contribution < -0.4 is 0 Å². The van der Waals surface area contributed by atoms with Gasteiger partial charge in [0.15, 0.2) is 6.29 Å². The standard InChI is InChI=1S/C24H30O3/c1-3-5-12-18-24(25,17-4-2)23-26-21(19-13-8-6-9-14-19)22(27-23)20-15-10-7-11-16-20/h4,6-11,13-16,21-23,25H,2-3,5,12,17-18H2,1H3/t21-,22-,24-/m1/s1. The van der Waals surface area contributed by atoms with Crippen molar-refractivity contribution >= 4 is 0 Å². The van der Waals surface area contributed by atoms with E-state index in [0.717, 1.165) is 30.4 Å². The highest BCUT2D eigenvalue weighted by molar-refractivity contribution is 5.26. The van der Waals surface area contributed by atoms with Gasteiger partial charge >= 0.3 is 0 Å². The third-order valence-corrected chi connectivity index (χ3v) is 5.22. The van der Waals surface area contributed by atoms with Gasteiger partial charge in [0.1, 0.15) is 17.8 Å². The average molecular weight is 367 g/mol. The Kier molecular flexibility index (Phi) is 6.84. The zero-order valence-corrected chi connectivity index (χ0v) is 16.1.